The standard InChI is InChI=1S/C2H8N3/c1-5-2(3)4/h2-3,5H,4H2,1H3. The maximum Gasteiger partial charge on any atom is 0.121 e. The third-order valence-electron chi connectivity index (χ3n) is 0.311. The van der Waals surface area contributed by atoms with Gasteiger partial charge in [0.15, 0.2) is 0 Å². The first-order valence-corrected chi connectivity index (χ1v) is 1.41. The Bertz CT molecular complexity index is 18.9. The fourth-order valence-corrected chi connectivity index (χ4v) is 0. The minimum Gasteiger partial charge on any atom is -0.303 e. The van der Waals surface area contributed by atoms with Crippen LogP contribution in [0.4, 0.5) is 0 Å². The van der Waals surface area contributed by atoms with Crippen LogP contribution in [0.2, 0.25) is 0 Å². The molecule has 0 heterocycles. The Morgan fingerprint density at radius 1 is 2.00 bits per heavy atom. The van der Waals surface area contributed by atoms with Crippen LogP contribution in [0.5, 0.6) is 0 Å². The van der Waals surface area contributed by atoms with E-state index in [9.17, 15) is 0 Å². The predicted molar refractivity (Wildman–Crippen MR) is 20.1 cm³/mol. The van der Waals surface area contributed by atoms with Crippen LogP contribution >= 0.6 is 0 Å². The topological polar surface area (TPSA) is 61.8 Å². The van der Waals surface area contributed by atoms with Crippen molar-refractivity contribution in [3.05, 3.63) is 0 Å². The molecule has 0 aliphatic carbocycles. The maximum atomic E-state index is 6.49. The minimum atomic E-state index is -0.616. The summed E-state index contributed by atoms with van der Waals surface area (Å²) in [6, 6.07) is 0. The molecule has 0 fully saturated rings. The molecule has 0 aromatic rings. The molecule has 0 spiro atoms. The van der Waals surface area contributed by atoms with Crippen molar-refractivity contribution in [1.29, 1.82) is 0 Å². The van der Waals surface area contributed by atoms with Gasteiger partial charge in [-0.15, -0.1) is 0 Å². The first-order valence-electron chi connectivity index (χ1n) is 1.41. The molecule has 0 aromatic heterocycles. The first-order chi connectivity index (χ1) is 2.27. The minimum absolute atomic E-state index is 0.616. The summed E-state index contributed by atoms with van der Waals surface area (Å²) in [6.45, 7) is 0. The summed E-state index contributed by atoms with van der Waals surface area (Å²) in [5.41, 5.74) is 11.3. The molecular weight excluding hydrogens is 66.0 g/mol. The second-order valence-corrected chi connectivity index (χ2v) is 0.766. The van der Waals surface area contributed by atoms with Crippen LogP contribution in [0.25, 0.3) is 0 Å². The fraction of sp³-hybridized carbons (Fsp3) is 1.00. The lowest BCUT2D eigenvalue weighted by molar-refractivity contribution is 0.592. The molecule has 1 atom stereocenters. The van der Waals surface area contributed by atoms with Gasteiger partial charge in [0.2, 0.25) is 0 Å². The smallest absolute Gasteiger partial charge is 0.121 e. The van der Waals surface area contributed by atoms with Gasteiger partial charge in [0.1, 0.15) is 6.29 Å². The van der Waals surface area contributed by atoms with E-state index >= 15 is 0 Å². The fourth-order valence-electron chi connectivity index (χ4n) is 0. The third kappa shape index (κ3) is 3.88. The Hall–Kier alpha value is -0.120. The SMILES string of the molecule is CNC([NH])N. The highest BCUT2D eigenvalue weighted by Gasteiger charge is 1.77. The van der Waals surface area contributed by atoms with Gasteiger partial charge < -0.3 is 5.73 Å². The summed E-state index contributed by atoms with van der Waals surface area (Å²) in [4.78, 5) is 0. The van der Waals surface area contributed by atoms with Crippen LogP contribution in [0.15, 0.2) is 0 Å². The van der Waals surface area contributed by atoms with E-state index in [1.54, 1.807) is 7.05 Å². The zero-order valence-electron chi connectivity index (χ0n) is 3.15. The van der Waals surface area contributed by atoms with Crippen LogP contribution in [0.3, 0.4) is 0 Å². The second kappa shape index (κ2) is 2.14. The number of hydrogen-bond acceptors (Lipinski definition) is 2. The van der Waals surface area contributed by atoms with E-state index in [0.29, 0.717) is 0 Å². The summed E-state index contributed by atoms with van der Waals surface area (Å²) in [5.74, 6) is 0. The molecule has 3 nitrogen and oxygen atoms in total. The summed E-state index contributed by atoms with van der Waals surface area (Å²) < 4.78 is 0. The van der Waals surface area contributed by atoms with Gasteiger partial charge >= 0.3 is 0 Å². The molecule has 3 heteroatoms. The molecule has 4 N–H and O–H groups in total. The predicted octanol–water partition coefficient (Wildman–Crippen LogP) is -1.27. The summed E-state index contributed by atoms with van der Waals surface area (Å²) in [6.07, 6.45) is -0.616. The van der Waals surface area contributed by atoms with Gasteiger partial charge in [-0.1, -0.05) is 0 Å². The zero-order chi connectivity index (χ0) is 4.28. The van der Waals surface area contributed by atoms with E-state index in [4.69, 9.17) is 11.5 Å². The first kappa shape index (κ1) is 4.88. The van der Waals surface area contributed by atoms with Gasteiger partial charge in [-0.3, -0.25) is 5.32 Å². The van der Waals surface area contributed by atoms with Crippen molar-refractivity contribution in [3.8, 4) is 0 Å². The number of nitrogens with two attached hydrogens (primary N) is 1. The van der Waals surface area contributed by atoms with E-state index in [0.717, 1.165) is 0 Å². The highest BCUT2D eigenvalue weighted by Crippen LogP contribution is 1.41. The molecule has 0 amide bonds. The van der Waals surface area contributed by atoms with Crippen molar-refractivity contribution >= 4 is 0 Å². The third-order valence-corrected chi connectivity index (χ3v) is 0.311. The number of nitrogens with one attached hydrogen (secondary N) is 2. The molecule has 0 aromatic carbocycles. The Morgan fingerprint density at radius 3 is 2.20 bits per heavy atom. The van der Waals surface area contributed by atoms with Crippen molar-refractivity contribution in [3.63, 3.8) is 0 Å². The van der Waals surface area contributed by atoms with Crippen LogP contribution in [0, 0.1) is 0 Å². The summed E-state index contributed by atoms with van der Waals surface area (Å²) in [5, 5.41) is 2.47. The molecule has 0 saturated carbocycles. The van der Waals surface area contributed by atoms with Crippen molar-refractivity contribution in [2.75, 3.05) is 7.05 Å². The number of hydrogen-bond donors (Lipinski definition) is 2. The van der Waals surface area contributed by atoms with Gasteiger partial charge in [-0.25, -0.2) is 5.73 Å². The Labute approximate surface area is 31.3 Å². The van der Waals surface area contributed by atoms with E-state index in [-0.39, 0.29) is 0 Å². The Morgan fingerprint density at radius 2 is 2.20 bits per heavy atom. The molecule has 1 radical (unpaired) electrons. The van der Waals surface area contributed by atoms with Crippen LogP contribution in [-0.2, 0) is 0 Å². The van der Waals surface area contributed by atoms with Crippen LogP contribution in [-0.4, -0.2) is 13.3 Å². The summed E-state index contributed by atoms with van der Waals surface area (Å²) in [7, 11) is 1.64. The van der Waals surface area contributed by atoms with Gasteiger partial charge in [0, 0.05) is 0 Å². The molecule has 0 aliphatic heterocycles. The van der Waals surface area contributed by atoms with Crippen molar-refractivity contribution in [1.82, 2.24) is 11.1 Å². The average molecular weight is 74.1 g/mol. The molecule has 31 valence electrons. The van der Waals surface area contributed by atoms with E-state index in [2.05, 4.69) is 5.32 Å². The highest BCUT2D eigenvalue weighted by molar-refractivity contribution is 4.33. The van der Waals surface area contributed by atoms with E-state index < -0.39 is 6.29 Å². The van der Waals surface area contributed by atoms with Gasteiger partial charge in [-0.2, -0.15) is 0 Å². The Kier molecular flexibility index (Phi) is 2.09. The van der Waals surface area contributed by atoms with Gasteiger partial charge in [-0.05, 0) is 7.05 Å². The lowest BCUT2D eigenvalue weighted by Gasteiger charge is -1.95. The Balaban J connectivity index is 2.54. The quantitative estimate of drug-likeness (QED) is 0.381. The lowest BCUT2D eigenvalue weighted by Crippen LogP contribution is -2.35. The molecule has 5 heavy (non-hydrogen) atoms. The molecule has 0 saturated heterocycles. The van der Waals surface area contributed by atoms with Crippen LogP contribution < -0.4 is 16.8 Å². The van der Waals surface area contributed by atoms with Gasteiger partial charge in [0.25, 0.3) is 0 Å². The lowest BCUT2D eigenvalue weighted by atomic mass is 10.9. The van der Waals surface area contributed by atoms with Crippen molar-refractivity contribution < 1.29 is 0 Å². The summed E-state index contributed by atoms with van der Waals surface area (Å²) >= 11 is 0. The normalized spacial score (nSPS) is 9.60. The van der Waals surface area contributed by atoms with E-state index in [1.165, 1.54) is 0 Å². The largest absolute Gasteiger partial charge is 0.303 e. The number of rotatable bonds is 1. The molecular formula is C2H8N3. The maximum absolute atomic E-state index is 6.49. The molecule has 0 bridgehead atoms. The van der Waals surface area contributed by atoms with Crippen molar-refractivity contribution in [2.45, 2.75) is 6.29 Å². The average Bonchev–Trinajstić information content (AvgIpc) is 1.38. The zero-order valence-corrected chi connectivity index (χ0v) is 3.15. The monoisotopic (exact) mass is 74.1 g/mol. The van der Waals surface area contributed by atoms with Crippen molar-refractivity contribution in [2.24, 2.45) is 5.73 Å². The highest BCUT2D eigenvalue weighted by atomic mass is 15.1. The second-order valence-electron chi connectivity index (χ2n) is 0.766. The van der Waals surface area contributed by atoms with Crippen LogP contribution in [0.1, 0.15) is 0 Å². The molecule has 1 unspecified atom stereocenters. The van der Waals surface area contributed by atoms with E-state index in [1.807, 2.05) is 0 Å². The molecule has 0 aliphatic rings. The van der Waals surface area contributed by atoms with Gasteiger partial charge in [0.05, 0.1) is 0 Å². The molecule has 0 rings (SSSR count).